The second-order valence-electron chi connectivity index (χ2n) is 4.47. The molecule has 1 aromatic heterocycles. The molecule has 0 radical (unpaired) electrons. The fraction of sp³-hybridized carbons (Fsp3) is 0.583. The third kappa shape index (κ3) is 3.24. The van der Waals surface area contributed by atoms with E-state index in [1.165, 1.54) is 28.0 Å². The zero-order chi connectivity index (χ0) is 14.7. The maximum Gasteiger partial charge on any atom is 0.327 e. The van der Waals surface area contributed by atoms with Crippen molar-refractivity contribution in [1.29, 1.82) is 0 Å². The lowest BCUT2D eigenvalue weighted by molar-refractivity contribution is -0.141. The topological polar surface area (TPSA) is 82.5 Å². The first-order chi connectivity index (χ1) is 9.52. The van der Waals surface area contributed by atoms with Gasteiger partial charge in [0, 0.05) is 11.1 Å². The molecule has 2 amide bonds. The van der Waals surface area contributed by atoms with Crippen molar-refractivity contribution in [2.24, 2.45) is 0 Å². The van der Waals surface area contributed by atoms with E-state index in [2.05, 4.69) is 10.3 Å². The number of carbonyl (C=O) groups excluding carboxylic acids is 1. The lowest BCUT2D eigenvalue weighted by atomic mass is 10.3. The molecule has 0 spiro atoms. The van der Waals surface area contributed by atoms with Gasteiger partial charge in [-0.1, -0.05) is 6.92 Å². The Labute approximate surface area is 125 Å². The summed E-state index contributed by atoms with van der Waals surface area (Å²) in [5.74, 6) is -0.509. The normalized spacial score (nSPS) is 22.0. The van der Waals surface area contributed by atoms with Gasteiger partial charge in [-0.2, -0.15) is 0 Å². The summed E-state index contributed by atoms with van der Waals surface area (Å²) >= 11 is 3.04. The van der Waals surface area contributed by atoms with Gasteiger partial charge in [0.15, 0.2) is 0 Å². The van der Waals surface area contributed by atoms with E-state index in [4.69, 9.17) is 0 Å². The van der Waals surface area contributed by atoms with Crippen LogP contribution < -0.4 is 5.32 Å². The molecule has 2 atom stereocenters. The van der Waals surface area contributed by atoms with Gasteiger partial charge >= 0.3 is 12.0 Å². The van der Waals surface area contributed by atoms with E-state index in [0.29, 0.717) is 12.3 Å². The highest BCUT2D eigenvalue weighted by Gasteiger charge is 2.40. The molecule has 1 aliphatic heterocycles. The number of nitrogens with zero attached hydrogens (tertiary/aromatic N) is 2. The summed E-state index contributed by atoms with van der Waals surface area (Å²) < 4.78 is 0. The predicted octanol–water partition coefficient (Wildman–Crippen LogP) is 1.90. The first-order valence-corrected chi connectivity index (χ1v) is 8.27. The highest BCUT2D eigenvalue weighted by atomic mass is 32.2. The molecule has 2 rings (SSSR count). The van der Waals surface area contributed by atoms with Crippen LogP contribution >= 0.6 is 23.1 Å². The number of aromatic nitrogens is 1. The van der Waals surface area contributed by atoms with Gasteiger partial charge in [-0.3, -0.25) is 4.90 Å². The zero-order valence-electron chi connectivity index (χ0n) is 11.3. The summed E-state index contributed by atoms with van der Waals surface area (Å²) in [5.41, 5.74) is 0.799. The van der Waals surface area contributed by atoms with E-state index in [-0.39, 0.29) is 11.4 Å². The molecule has 1 aliphatic rings. The van der Waals surface area contributed by atoms with Gasteiger partial charge in [-0.25, -0.2) is 14.6 Å². The van der Waals surface area contributed by atoms with Crippen LogP contribution in [0, 0.1) is 6.92 Å². The minimum atomic E-state index is -0.951. The first-order valence-electron chi connectivity index (χ1n) is 6.34. The third-order valence-corrected chi connectivity index (χ3v) is 5.32. The SMILES string of the molecule is CCC1SCC(C(=O)O)N1C(=O)NCc1csc(C)n1. The van der Waals surface area contributed by atoms with Crippen LogP contribution in [-0.4, -0.2) is 44.2 Å². The van der Waals surface area contributed by atoms with Crippen molar-refractivity contribution in [3.63, 3.8) is 0 Å². The molecule has 1 saturated heterocycles. The average molecular weight is 315 g/mol. The quantitative estimate of drug-likeness (QED) is 0.887. The predicted molar refractivity (Wildman–Crippen MR) is 78.9 cm³/mol. The maximum absolute atomic E-state index is 12.2. The minimum Gasteiger partial charge on any atom is -0.480 e. The largest absolute Gasteiger partial charge is 0.480 e. The number of rotatable bonds is 4. The van der Waals surface area contributed by atoms with Crippen molar-refractivity contribution < 1.29 is 14.7 Å². The lowest BCUT2D eigenvalue weighted by Crippen LogP contribution is -2.49. The Morgan fingerprint density at radius 3 is 2.90 bits per heavy atom. The second kappa shape index (κ2) is 6.45. The Balaban J connectivity index is 2.00. The number of nitrogens with one attached hydrogen (secondary N) is 1. The number of hydrogen-bond donors (Lipinski definition) is 2. The fourth-order valence-corrected chi connectivity index (χ4v) is 4.05. The molecule has 8 heteroatoms. The van der Waals surface area contributed by atoms with Crippen LogP contribution in [0.15, 0.2) is 5.38 Å². The Morgan fingerprint density at radius 1 is 1.60 bits per heavy atom. The van der Waals surface area contributed by atoms with Gasteiger partial charge < -0.3 is 10.4 Å². The smallest absolute Gasteiger partial charge is 0.327 e. The van der Waals surface area contributed by atoms with E-state index in [0.717, 1.165) is 17.1 Å². The van der Waals surface area contributed by atoms with Crippen LogP contribution in [0.1, 0.15) is 24.0 Å². The van der Waals surface area contributed by atoms with E-state index >= 15 is 0 Å². The lowest BCUT2D eigenvalue weighted by Gasteiger charge is -2.26. The number of amides is 2. The summed E-state index contributed by atoms with van der Waals surface area (Å²) in [5, 5.41) is 14.7. The van der Waals surface area contributed by atoms with E-state index in [1.54, 1.807) is 0 Å². The molecule has 1 aromatic rings. The Hall–Kier alpha value is -1.28. The van der Waals surface area contributed by atoms with Crippen molar-refractivity contribution in [3.05, 3.63) is 16.1 Å². The molecule has 2 unspecified atom stereocenters. The van der Waals surface area contributed by atoms with Crippen LogP contribution in [0.2, 0.25) is 0 Å². The molecule has 0 saturated carbocycles. The van der Waals surface area contributed by atoms with Crippen LogP contribution in [0.4, 0.5) is 4.79 Å². The molecule has 0 aliphatic carbocycles. The van der Waals surface area contributed by atoms with Gasteiger partial charge in [0.1, 0.15) is 6.04 Å². The molecule has 1 fully saturated rings. The molecule has 0 aromatic carbocycles. The van der Waals surface area contributed by atoms with Crippen molar-refractivity contribution in [2.75, 3.05) is 5.75 Å². The highest BCUT2D eigenvalue weighted by Crippen LogP contribution is 2.31. The summed E-state index contributed by atoms with van der Waals surface area (Å²) in [7, 11) is 0. The number of thioether (sulfide) groups is 1. The number of thiazole rings is 1. The summed E-state index contributed by atoms with van der Waals surface area (Å²) in [6, 6.07) is -1.08. The molecule has 2 heterocycles. The summed E-state index contributed by atoms with van der Waals surface area (Å²) in [6.45, 7) is 4.18. The maximum atomic E-state index is 12.2. The average Bonchev–Trinajstić information content (AvgIpc) is 3.01. The fourth-order valence-electron chi connectivity index (χ4n) is 2.09. The highest BCUT2D eigenvalue weighted by molar-refractivity contribution is 8.00. The molecule has 110 valence electrons. The molecular weight excluding hydrogens is 298 g/mol. The van der Waals surface area contributed by atoms with Gasteiger partial charge in [0.05, 0.1) is 22.6 Å². The van der Waals surface area contributed by atoms with Crippen molar-refractivity contribution >= 4 is 35.1 Å². The number of carbonyl (C=O) groups is 2. The van der Waals surface area contributed by atoms with Crippen molar-refractivity contribution in [2.45, 2.75) is 38.2 Å². The number of urea groups is 1. The van der Waals surface area contributed by atoms with E-state index in [9.17, 15) is 14.7 Å². The molecular formula is C12H17N3O3S2. The van der Waals surface area contributed by atoms with Crippen molar-refractivity contribution in [3.8, 4) is 0 Å². The number of aliphatic carboxylic acids is 1. The van der Waals surface area contributed by atoms with Gasteiger partial charge in [0.2, 0.25) is 0 Å². The molecule has 0 bridgehead atoms. The number of hydrogen-bond acceptors (Lipinski definition) is 5. The van der Waals surface area contributed by atoms with Crippen LogP contribution in [0.5, 0.6) is 0 Å². The molecule has 20 heavy (non-hydrogen) atoms. The van der Waals surface area contributed by atoms with Gasteiger partial charge in [-0.05, 0) is 13.3 Å². The summed E-state index contributed by atoms with van der Waals surface area (Å²) in [6.07, 6.45) is 0.734. The summed E-state index contributed by atoms with van der Waals surface area (Å²) in [4.78, 5) is 29.1. The zero-order valence-corrected chi connectivity index (χ0v) is 13.0. The Morgan fingerprint density at radius 2 is 2.35 bits per heavy atom. The first kappa shape index (κ1) is 15.1. The van der Waals surface area contributed by atoms with E-state index in [1.807, 2.05) is 19.2 Å². The third-order valence-electron chi connectivity index (χ3n) is 3.05. The van der Waals surface area contributed by atoms with Gasteiger partial charge in [-0.15, -0.1) is 23.1 Å². The van der Waals surface area contributed by atoms with Crippen molar-refractivity contribution in [1.82, 2.24) is 15.2 Å². The van der Waals surface area contributed by atoms with Crippen LogP contribution in [0.25, 0.3) is 0 Å². The van der Waals surface area contributed by atoms with E-state index < -0.39 is 12.0 Å². The second-order valence-corrected chi connectivity index (χ2v) is 6.75. The monoisotopic (exact) mass is 315 g/mol. The Kier molecular flexibility index (Phi) is 4.87. The molecule has 2 N–H and O–H groups in total. The van der Waals surface area contributed by atoms with Crippen LogP contribution in [-0.2, 0) is 11.3 Å². The minimum absolute atomic E-state index is 0.0757. The number of carboxylic acid groups (broad SMARTS) is 1. The standard InChI is InChI=1S/C12H17N3O3S2/c1-3-10-15(9(6-20-10)11(16)17)12(18)13-4-8-5-19-7(2)14-8/h5,9-10H,3-4,6H2,1-2H3,(H,13,18)(H,16,17). The Bertz CT molecular complexity index is 506. The van der Waals surface area contributed by atoms with Gasteiger partial charge in [0.25, 0.3) is 0 Å². The number of carboxylic acids is 1. The molecule has 6 nitrogen and oxygen atoms in total. The number of aryl methyl sites for hydroxylation is 1. The van der Waals surface area contributed by atoms with Crippen LogP contribution in [0.3, 0.4) is 0 Å².